The molecule has 0 radical (unpaired) electrons. The van der Waals surface area contributed by atoms with Crippen molar-refractivity contribution in [3.05, 3.63) is 35.4 Å². The first-order valence-electron chi connectivity index (χ1n) is 4.87. The van der Waals surface area contributed by atoms with Crippen LogP contribution in [0.1, 0.15) is 25.5 Å². The van der Waals surface area contributed by atoms with Gasteiger partial charge in [-0.1, -0.05) is 19.9 Å². The zero-order chi connectivity index (χ0) is 11.4. The second kappa shape index (κ2) is 5.19. The highest BCUT2D eigenvalue weighted by molar-refractivity contribution is 5.20. The lowest BCUT2D eigenvalue weighted by molar-refractivity contribution is 0.171. The second-order valence-corrected chi connectivity index (χ2v) is 3.75. The number of nitrogens with one attached hydrogen (secondary N) is 1. The van der Waals surface area contributed by atoms with Gasteiger partial charge < -0.3 is 10.4 Å². The molecule has 4 heteroatoms. The van der Waals surface area contributed by atoms with Gasteiger partial charge in [0.05, 0.1) is 6.10 Å². The number of benzene rings is 1. The van der Waals surface area contributed by atoms with Crippen molar-refractivity contribution >= 4 is 0 Å². The zero-order valence-electron chi connectivity index (χ0n) is 8.80. The van der Waals surface area contributed by atoms with Gasteiger partial charge in [0.15, 0.2) is 11.6 Å². The van der Waals surface area contributed by atoms with E-state index in [4.69, 9.17) is 0 Å². The van der Waals surface area contributed by atoms with Crippen molar-refractivity contribution in [2.75, 3.05) is 6.54 Å². The SMILES string of the molecule is CC(C)NCC(O)c1ccc(F)c(F)c1. The molecule has 0 heterocycles. The molecule has 0 amide bonds. The molecule has 2 N–H and O–H groups in total. The van der Waals surface area contributed by atoms with Gasteiger partial charge in [-0.25, -0.2) is 8.78 Å². The topological polar surface area (TPSA) is 32.3 Å². The third kappa shape index (κ3) is 3.57. The van der Waals surface area contributed by atoms with Gasteiger partial charge in [0.2, 0.25) is 0 Å². The average Bonchev–Trinajstić information content (AvgIpc) is 2.18. The lowest BCUT2D eigenvalue weighted by Crippen LogP contribution is -2.27. The average molecular weight is 215 g/mol. The summed E-state index contributed by atoms with van der Waals surface area (Å²) in [5, 5.41) is 12.6. The number of hydrogen-bond donors (Lipinski definition) is 2. The maximum atomic E-state index is 12.8. The van der Waals surface area contributed by atoms with Crippen molar-refractivity contribution < 1.29 is 13.9 Å². The molecule has 15 heavy (non-hydrogen) atoms. The van der Waals surface area contributed by atoms with Crippen LogP contribution in [0.3, 0.4) is 0 Å². The van der Waals surface area contributed by atoms with Crippen LogP contribution >= 0.6 is 0 Å². The van der Waals surface area contributed by atoms with Gasteiger partial charge in [-0.15, -0.1) is 0 Å². The summed E-state index contributed by atoms with van der Waals surface area (Å²) in [6.07, 6.45) is -0.817. The highest BCUT2D eigenvalue weighted by Crippen LogP contribution is 2.15. The Kier molecular flexibility index (Phi) is 4.17. The minimum Gasteiger partial charge on any atom is -0.387 e. The minimum absolute atomic E-state index is 0.241. The predicted molar refractivity (Wildman–Crippen MR) is 54.5 cm³/mol. The van der Waals surface area contributed by atoms with Crippen LogP contribution in [0.5, 0.6) is 0 Å². The van der Waals surface area contributed by atoms with E-state index in [0.29, 0.717) is 12.1 Å². The normalized spacial score (nSPS) is 13.2. The largest absolute Gasteiger partial charge is 0.387 e. The Morgan fingerprint density at radius 3 is 2.47 bits per heavy atom. The standard InChI is InChI=1S/C11H15F2NO/c1-7(2)14-6-11(15)8-3-4-9(12)10(13)5-8/h3-5,7,11,14-15H,6H2,1-2H3. The highest BCUT2D eigenvalue weighted by atomic mass is 19.2. The molecule has 1 unspecified atom stereocenters. The van der Waals surface area contributed by atoms with Crippen LogP contribution in [-0.4, -0.2) is 17.7 Å². The van der Waals surface area contributed by atoms with Crippen LogP contribution in [0.4, 0.5) is 8.78 Å². The lowest BCUT2D eigenvalue weighted by atomic mass is 10.1. The lowest BCUT2D eigenvalue weighted by Gasteiger charge is -2.14. The van der Waals surface area contributed by atoms with Crippen LogP contribution in [0, 0.1) is 11.6 Å². The second-order valence-electron chi connectivity index (χ2n) is 3.75. The fraction of sp³-hybridized carbons (Fsp3) is 0.455. The van der Waals surface area contributed by atoms with Crippen LogP contribution in [0.25, 0.3) is 0 Å². The summed E-state index contributed by atoms with van der Waals surface area (Å²) in [5.74, 6) is -1.83. The van der Waals surface area contributed by atoms with Crippen LogP contribution in [0.15, 0.2) is 18.2 Å². The Labute approximate surface area is 87.9 Å². The summed E-state index contributed by atoms with van der Waals surface area (Å²) in [7, 11) is 0. The molecule has 1 aromatic rings. The fourth-order valence-electron chi connectivity index (χ4n) is 1.18. The summed E-state index contributed by atoms with van der Waals surface area (Å²) >= 11 is 0. The number of aliphatic hydroxyl groups excluding tert-OH is 1. The van der Waals surface area contributed by atoms with Gasteiger partial charge in [-0.3, -0.25) is 0 Å². The molecule has 1 rings (SSSR count). The molecule has 0 aliphatic carbocycles. The molecule has 1 aromatic carbocycles. The Morgan fingerprint density at radius 2 is 1.93 bits per heavy atom. The Morgan fingerprint density at radius 1 is 1.27 bits per heavy atom. The van der Waals surface area contributed by atoms with Gasteiger partial charge in [0, 0.05) is 12.6 Å². The molecule has 0 fully saturated rings. The number of rotatable bonds is 4. The molecule has 0 saturated carbocycles. The number of halogens is 2. The van der Waals surface area contributed by atoms with E-state index in [0.717, 1.165) is 12.1 Å². The molecule has 0 bridgehead atoms. The van der Waals surface area contributed by atoms with Crippen LogP contribution in [-0.2, 0) is 0 Å². The van der Waals surface area contributed by atoms with Gasteiger partial charge >= 0.3 is 0 Å². The van der Waals surface area contributed by atoms with Crippen molar-refractivity contribution in [1.82, 2.24) is 5.32 Å². The van der Waals surface area contributed by atoms with Crippen molar-refractivity contribution in [1.29, 1.82) is 0 Å². The highest BCUT2D eigenvalue weighted by Gasteiger charge is 2.10. The summed E-state index contributed by atoms with van der Waals surface area (Å²) in [5.41, 5.74) is 0.377. The maximum Gasteiger partial charge on any atom is 0.159 e. The summed E-state index contributed by atoms with van der Waals surface area (Å²) < 4.78 is 25.4. The van der Waals surface area contributed by atoms with E-state index in [2.05, 4.69) is 5.32 Å². The van der Waals surface area contributed by atoms with Crippen molar-refractivity contribution in [3.63, 3.8) is 0 Å². The molecule has 0 saturated heterocycles. The monoisotopic (exact) mass is 215 g/mol. The first kappa shape index (κ1) is 12.1. The van der Waals surface area contributed by atoms with E-state index in [1.165, 1.54) is 6.07 Å². The van der Waals surface area contributed by atoms with Gasteiger partial charge in [0.25, 0.3) is 0 Å². The summed E-state index contributed by atoms with van der Waals surface area (Å²) in [4.78, 5) is 0. The Bertz CT molecular complexity index is 328. The third-order valence-corrected chi connectivity index (χ3v) is 2.05. The Balaban J connectivity index is 2.65. The number of hydrogen-bond acceptors (Lipinski definition) is 2. The van der Waals surface area contributed by atoms with Crippen LogP contribution < -0.4 is 5.32 Å². The van der Waals surface area contributed by atoms with E-state index < -0.39 is 17.7 Å². The predicted octanol–water partition coefficient (Wildman–Crippen LogP) is 2.00. The molecule has 1 atom stereocenters. The molecule has 84 valence electrons. The zero-order valence-corrected chi connectivity index (χ0v) is 8.80. The van der Waals surface area contributed by atoms with Crippen molar-refractivity contribution in [2.24, 2.45) is 0 Å². The maximum absolute atomic E-state index is 12.8. The quantitative estimate of drug-likeness (QED) is 0.805. The van der Waals surface area contributed by atoms with Gasteiger partial charge in [-0.2, -0.15) is 0 Å². The third-order valence-electron chi connectivity index (χ3n) is 2.05. The van der Waals surface area contributed by atoms with E-state index >= 15 is 0 Å². The Hall–Kier alpha value is -1.00. The van der Waals surface area contributed by atoms with E-state index in [1.54, 1.807) is 0 Å². The summed E-state index contributed by atoms with van der Waals surface area (Å²) in [6.45, 7) is 4.21. The first-order valence-corrected chi connectivity index (χ1v) is 4.87. The molecule has 0 spiro atoms. The molecular weight excluding hydrogens is 200 g/mol. The van der Waals surface area contributed by atoms with E-state index in [-0.39, 0.29) is 6.04 Å². The molecule has 0 aromatic heterocycles. The van der Waals surface area contributed by atoms with Gasteiger partial charge in [0.1, 0.15) is 0 Å². The minimum atomic E-state index is -0.934. The van der Waals surface area contributed by atoms with Crippen molar-refractivity contribution in [2.45, 2.75) is 26.0 Å². The van der Waals surface area contributed by atoms with Gasteiger partial charge in [-0.05, 0) is 17.7 Å². The first-order chi connectivity index (χ1) is 7.00. The van der Waals surface area contributed by atoms with Crippen LogP contribution in [0.2, 0.25) is 0 Å². The van der Waals surface area contributed by atoms with E-state index in [1.807, 2.05) is 13.8 Å². The summed E-state index contributed by atoms with van der Waals surface area (Å²) in [6, 6.07) is 3.65. The molecular formula is C11H15F2NO. The number of aliphatic hydroxyl groups is 1. The van der Waals surface area contributed by atoms with Crippen molar-refractivity contribution in [3.8, 4) is 0 Å². The molecule has 2 nitrogen and oxygen atoms in total. The molecule has 0 aliphatic rings. The van der Waals surface area contributed by atoms with E-state index in [9.17, 15) is 13.9 Å². The molecule has 0 aliphatic heterocycles. The smallest absolute Gasteiger partial charge is 0.159 e. The fourth-order valence-corrected chi connectivity index (χ4v) is 1.18.